The molecule has 0 aromatic carbocycles. The molecule has 0 fully saturated rings. The van der Waals surface area contributed by atoms with Gasteiger partial charge in [0.1, 0.15) is 6.04 Å². The number of carbonyl (C=O) groups is 1. The number of nitrogens with one attached hydrogen (secondary N) is 1. The summed E-state index contributed by atoms with van der Waals surface area (Å²) in [6.07, 6.45) is 5.23. The number of amides is 1. The molecule has 0 bridgehead atoms. The van der Waals surface area contributed by atoms with E-state index in [9.17, 15) is 4.79 Å². The summed E-state index contributed by atoms with van der Waals surface area (Å²) in [5, 5.41) is 0.908. The van der Waals surface area contributed by atoms with Gasteiger partial charge in [-0.15, -0.1) is 0 Å². The molecule has 0 aliphatic rings. The predicted octanol–water partition coefficient (Wildman–Crippen LogP) is 0.0459. The Morgan fingerprint density at radius 3 is 2.88 bits per heavy atom. The lowest BCUT2D eigenvalue weighted by Gasteiger charge is -2.19. The van der Waals surface area contributed by atoms with Gasteiger partial charge in [-0.3, -0.25) is 9.69 Å². The molecule has 0 aliphatic carbocycles. The number of hydrogen-bond acceptors (Lipinski definition) is 4. The maximum absolute atomic E-state index is 11.3. The highest BCUT2D eigenvalue weighted by molar-refractivity contribution is 5.82. The Kier molecular flexibility index (Phi) is 2.57. The van der Waals surface area contributed by atoms with Gasteiger partial charge < -0.3 is 10.7 Å². The van der Waals surface area contributed by atoms with E-state index in [0.29, 0.717) is 5.82 Å². The lowest BCUT2D eigenvalue weighted by Crippen LogP contribution is -2.34. The minimum atomic E-state index is -0.598. The molecule has 0 saturated heterocycles. The maximum Gasteiger partial charge on any atom is 0.242 e. The Morgan fingerprint density at radius 2 is 2.25 bits per heavy atom. The number of primary amides is 1. The van der Waals surface area contributed by atoms with Crippen LogP contribution in [-0.2, 0) is 4.79 Å². The van der Waals surface area contributed by atoms with Crippen LogP contribution in [0.4, 0.5) is 0 Å². The van der Waals surface area contributed by atoms with Crippen LogP contribution < -0.4 is 5.73 Å². The van der Waals surface area contributed by atoms with E-state index in [4.69, 9.17) is 5.73 Å². The molecule has 84 valence electrons. The van der Waals surface area contributed by atoms with Gasteiger partial charge in [-0.2, -0.15) is 0 Å². The Morgan fingerprint density at radius 1 is 1.50 bits per heavy atom. The molecule has 0 saturated carbocycles. The third-order valence-electron chi connectivity index (χ3n) is 2.36. The molecule has 0 spiro atoms. The van der Waals surface area contributed by atoms with E-state index in [1.807, 2.05) is 0 Å². The second-order valence-electron chi connectivity index (χ2n) is 3.79. The van der Waals surface area contributed by atoms with Crippen LogP contribution in [0.5, 0.6) is 0 Å². The smallest absolute Gasteiger partial charge is 0.242 e. The molecule has 2 heterocycles. The number of rotatable bonds is 3. The first-order valence-corrected chi connectivity index (χ1v) is 4.85. The topological polar surface area (TPSA) is 87.9 Å². The normalized spacial score (nSPS) is 13.2. The predicted molar refractivity (Wildman–Crippen MR) is 59.5 cm³/mol. The van der Waals surface area contributed by atoms with Gasteiger partial charge in [-0.05, 0) is 14.1 Å². The van der Waals surface area contributed by atoms with Crippen molar-refractivity contribution in [3.63, 3.8) is 0 Å². The highest BCUT2D eigenvalue weighted by Gasteiger charge is 2.23. The number of nitrogens with zero attached hydrogens (tertiary/aromatic N) is 3. The molecule has 2 rings (SSSR count). The fraction of sp³-hybridized carbons (Fsp3) is 0.300. The summed E-state index contributed by atoms with van der Waals surface area (Å²) in [5.41, 5.74) is 6.10. The molecule has 0 radical (unpaired) electrons. The molecule has 3 N–H and O–H groups in total. The van der Waals surface area contributed by atoms with E-state index in [2.05, 4.69) is 15.0 Å². The van der Waals surface area contributed by atoms with Crippen molar-refractivity contribution in [1.29, 1.82) is 0 Å². The van der Waals surface area contributed by atoms with Crippen molar-refractivity contribution in [1.82, 2.24) is 19.9 Å². The second kappa shape index (κ2) is 3.90. The van der Waals surface area contributed by atoms with Gasteiger partial charge >= 0.3 is 0 Å². The first kappa shape index (κ1) is 10.6. The van der Waals surface area contributed by atoms with E-state index in [-0.39, 0.29) is 0 Å². The van der Waals surface area contributed by atoms with Crippen LogP contribution in [0.3, 0.4) is 0 Å². The Bertz CT molecular complexity index is 519. The van der Waals surface area contributed by atoms with Crippen molar-refractivity contribution in [2.45, 2.75) is 6.04 Å². The molecular formula is C10H13N5O. The van der Waals surface area contributed by atoms with E-state index >= 15 is 0 Å². The van der Waals surface area contributed by atoms with Gasteiger partial charge in [-0.1, -0.05) is 0 Å². The summed E-state index contributed by atoms with van der Waals surface area (Å²) in [7, 11) is 3.53. The number of aromatic amines is 1. The average Bonchev–Trinajstić information content (AvgIpc) is 2.63. The zero-order chi connectivity index (χ0) is 11.7. The van der Waals surface area contributed by atoms with Crippen LogP contribution in [0.2, 0.25) is 0 Å². The Balaban J connectivity index is 2.48. The van der Waals surface area contributed by atoms with Crippen molar-refractivity contribution in [3.8, 4) is 0 Å². The van der Waals surface area contributed by atoms with Crippen molar-refractivity contribution in [2.75, 3.05) is 14.1 Å². The standard InChI is InChI=1S/C10H13N5O/c1-15(2)8(9(11)16)10-13-4-6-3-12-5-7(6)14-10/h3-5,8,12H,1-2H3,(H2,11,16). The van der Waals surface area contributed by atoms with Crippen molar-refractivity contribution >= 4 is 16.8 Å². The van der Waals surface area contributed by atoms with Crippen molar-refractivity contribution in [2.24, 2.45) is 5.73 Å². The molecule has 1 atom stereocenters. The number of carbonyl (C=O) groups excluding carboxylic acids is 1. The van der Waals surface area contributed by atoms with Crippen LogP contribution in [0.25, 0.3) is 10.9 Å². The fourth-order valence-electron chi connectivity index (χ4n) is 1.60. The van der Waals surface area contributed by atoms with Gasteiger partial charge in [0.25, 0.3) is 0 Å². The monoisotopic (exact) mass is 219 g/mol. The quantitative estimate of drug-likeness (QED) is 0.763. The number of likely N-dealkylation sites (N-methyl/N-ethyl adjacent to an activating group) is 1. The third kappa shape index (κ3) is 1.74. The number of nitrogens with two attached hydrogens (primary N) is 1. The molecular weight excluding hydrogens is 206 g/mol. The molecule has 6 heteroatoms. The van der Waals surface area contributed by atoms with Gasteiger partial charge in [0.15, 0.2) is 5.82 Å². The van der Waals surface area contributed by atoms with Crippen LogP contribution in [-0.4, -0.2) is 39.9 Å². The van der Waals surface area contributed by atoms with Crippen LogP contribution in [0.15, 0.2) is 18.6 Å². The SMILES string of the molecule is CN(C)C(C(N)=O)c1ncc2c[nH]cc2n1. The second-order valence-corrected chi connectivity index (χ2v) is 3.79. The molecule has 2 aromatic heterocycles. The number of aromatic nitrogens is 3. The Labute approximate surface area is 92.5 Å². The van der Waals surface area contributed by atoms with Gasteiger partial charge in [0, 0.05) is 24.0 Å². The van der Waals surface area contributed by atoms with Gasteiger partial charge in [0.05, 0.1) is 5.52 Å². The minimum absolute atomic E-state index is 0.421. The summed E-state index contributed by atoms with van der Waals surface area (Å²) in [6, 6.07) is -0.598. The first-order chi connectivity index (χ1) is 7.59. The summed E-state index contributed by atoms with van der Waals surface area (Å²) in [5.74, 6) is -0.0375. The van der Waals surface area contributed by atoms with E-state index in [1.165, 1.54) is 0 Å². The molecule has 2 aromatic rings. The highest BCUT2D eigenvalue weighted by Crippen LogP contribution is 2.16. The fourth-order valence-corrected chi connectivity index (χ4v) is 1.60. The summed E-state index contributed by atoms with van der Waals surface area (Å²) in [6.45, 7) is 0. The zero-order valence-electron chi connectivity index (χ0n) is 9.14. The minimum Gasteiger partial charge on any atom is -0.368 e. The van der Waals surface area contributed by atoms with E-state index in [0.717, 1.165) is 10.9 Å². The summed E-state index contributed by atoms with van der Waals surface area (Å²) in [4.78, 5) is 24.4. The molecule has 1 amide bonds. The Hall–Kier alpha value is -1.95. The first-order valence-electron chi connectivity index (χ1n) is 4.85. The van der Waals surface area contributed by atoms with Gasteiger partial charge in [-0.25, -0.2) is 9.97 Å². The van der Waals surface area contributed by atoms with Crippen molar-refractivity contribution < 1.29 is 4.79 Å². The van der Waals surface area contributed by atoms with Crippen LogP contribution in [0.1, 0.15) is 11.9 Å². The molecule has 6 nitrogen and oxygen atoms in total. The summed E-state index contributed by atoms with van der Waals surface area (Å²) >= 11 is 0. The van der Waals surface area contributed by atoms with Crippen LogP contribution in [0, 0.1) is 0 Å². The van der Waals surface area contributed by atoms with Crippen LogP contribution >= 0.6 is 0 Å². The van der Waals surface area contributed by atoms with Crippen molar-refractivity contribution in [3.05, 3.63) is 24.4 Å². The van der Waals surface area contributed by atoms with Gasteiger partial charge in [0.2, 0.25) is 5.91 Å². The summed E-state index contributed by atoms with van der Waals surface area (Å²) < 4.78 is 0. The highest BCUT2D eigenvalue weighted by atomic mass is 16.1. The zero-order valence-corrected chi connectivity index (χ0v) is 9.14. The van der Waals surface area contributed by atoms with E-state index < -0.39 is 11.9 Å². The average molecular weight is 219 g/mol. The maximum atomic E-state index is 11.3. The lowest BCUT2D eigenvalue weighted by molar-refractivity contribution is -0.122. The third-order valence-corrected chi connectivity index (χ3v) is 2.36. The largest absolute Gasteiger partial charge is 0.368 e. The number of fused-ring (bicyclic) bond motifs is 1. The number of hydrogen-bond donors (Lipinski definition) is 2. The van der Waals surface area contributed by atoms with E-state index in [1.54, 1.807) is 37.6 Å². The molecule has 16 heavy (non-hydrogen) atoms. The number of H-pyrrole nitrogens is 1. The molecule has 0 aliphatic heterocycles. The molecule has 1 unspecified atom stereocenters. The lowest BCUT2D eigenvalue weighted by atomic mass is 10.2.